The van der Waals surface area contributed by atoms with Gasteiger partial charge in [-0.05, 0) is 48.6 Å². The molecule has 2 aromatic carbocycles. The van der Waals surface area contributed by atoms with Crippen LogP contribution in [-0.4, -0.2) is 25.1 Å². The monoisotopic (exact) mass is 362 g/mol. The molecule has 1 N–H and O–H groups in total. The van der Waals surface area contributed by atoms with Gasteiger partial charge in [-0.15, -0.1) is 0 Å². The number of allylic oxidation sites excluding steroid dienone is 1. The number of methoxy groups -OCH3 is 2. The van der Waals surface area contributed by atoms with Gasteiger partial charge in [0.1, 0.15) is 5.75 Å². The fraction of sp³-hybridized carbons (Fsp3) is 0.118. The van der Waals surface area contributed by atoms with Crippen molar-refractivity contribution in [2.24, 2.45) is 0 Å². The smallest absolute Gasteiger partial charge is 0.185 e. The van der Waals surface area contributed by atoms with E-state index in [2.05, 4.69) is 15.9 Å². The Morgan fingerprint density at radius 3 is 2.41 bits per heavy atom. The summed E-state index contributed by atoms with van der Waals surface area (Å²) in [4.78, 5) is 12.1. The number of aromatic hydroxyl groups is 1. The number of hydrogen-bond acceptors (Lipinski definition) is 4. The number of benzene rings is 2. The minimum atomic E-state index is -0.166. The summed E-state index contributed by atoms with van der Waals surface area (Å²) in [6.07, 6.45) is 2.96. The fourth-order valence-corrected chi connectivity index (χ4v) is 2.35. The first kappa shape index (κ1) is 16.1. The summed E-state index contributed by atoms with van der Waals surface area (Å²) in [6, 6.07) is 10.2. The zero-order chi connectivity index (χ0) is 16.1. The molecule has 0 unspecified atom stereocenters. The predicted octanol–water partition coefficient (Wildman–Crippen LogP) is 4.07. The predicted molar refractivity (Wildman–Crippen MR) is 88.7 cm³/mol. The third-order valence-electron chi connectivity index (χ3n) is 3.08. The van der Waals surface area contributed by atoms with Crippen molar-refractivity contribution >= 4 is 27.8 Å². The lowest BCUT2D eigenvalue weighted by Crippen LogP contribution is -1.94. The number of carbonyl (C=O) groups is 1. The van der Waals surface area contributed by atoms with E-state index in [0.717, 1.165) is 4.47 Å². The minimum absolute atomic E-state index is 0.00974. The van der Waals surface area contributed by atoms with Crippen LogP contribution in [0.25, 0.3) is 6.08 Å². The Bertz CT molecular complexity index is 705. The maximum absolute atomic E-state index is 12.1. The number of rotatable bonds is 5. The van der Waals surface area contributed by atoms with E-state index >= 15 is 0 Å². The molecule has 0 heterocycles. The van der Waals surface area contributed by atoms with Gasteiger partial charge >= 0.3 is 0 Å². The van der Waals surface area contributed by atoms with Crippen LogP contribution in [0.3, 0.4) is 0 Å². The highest BCUT2D eigenvalue weighted by Crippen LogP contribution is 2.34. The lowest BCUT2D eigenvalue weighted by molar-refractivity contribution is 0.104. The molecule has 0 fully saturated rings. The molecule has 0 radical (unpaired) electrons. The largest absolute Gasteiger partial charge is 0.504 e. The minimum Gasteiger partial charge on any atom is -0.504 e. The van der Waals surface area contributed by atoms with Crippen LogP contribution >= 0.6 is 15.9 Å². The Morgan fingerprint density at radius 1 is 1.14 bits per heavy atom. The molecule has 0 amide bonds. The van der Waals surface area contributed by atoms with E-state index in [-0.39, 0.29) is 11.5 Å². The number of phenolic OH excluding ortho intramolecular Hbond substituents is 1. The molecule has 0 aliphatic carbocycles. The Morgan fingerprint density at radius 2 is 1.82 bits per heavy atom. The van der Waals surface area contributed by atoms with Crippen molar-refractivity contribution < 1.29 is 19.4 Å². The molecular weight excluding hydrogens is 348 g/mol. The number of ketones is 1. The van der Waals surface area contributed by atoms with Gasteiger partial charge in [-0.25, -0.2) is 0 Å². The van der Waals surface area contributed by atoms with Gasteiger partial charge < -0.3 is 14.6 Å². The second-order valence-corrected chi connectivity index (χ2v) is 5.39. The highest BCUT2D eigenvalue weighted by atomic mass is 79.9. The van der Waals surface area contributed by atoms with Crippen LogP contribution in [0.2, 0.25) is 0 Å². The zero-order valence-electron chi connectivity index (χ0n) is 12.2. The fourth-order valence-electron chi connectivity index (χ4n) is 1.89. The molecule has 4 nitrogen and oxygen atoms in total. The van der Waals surface area contributed by atoms with Crippen LogP contribution in [-0.2, 0) is 0 Å². The molecule has 2 aromatic rings. The maximum atomic E-state index is 12.1. The van der Waals surface area contributed by atoms with Crippen LogP contribution in [0.1, 0.15) is 15.9 Å². The third-order valence-corrected chi connectivity index (χ3v) is 3.54. The number of phenols is 1. The summed E-state index contributed by atoms with van der Waals surface area (Å²) in [5, 5.41) is 10.0. The van der Waals surface area contributed by atoms with Crippen molar-refractivity contribution in [3.63, 3.8) is 0 Å². The van der Waals surface area contributed by atoms with E-state index in [9.17, 15) is 9.90 Å². The average molecular weight is 363 g/mol. The van der Waals surface area contributed by atoms with Crippen LogP contribution in [0.5, 0.6) is 17.2 Å². The van der Waals surface area contributed by atoms with Crippen LogP contribution in [0, 0.1) is 0 Å². The molecule has 0 aliphatic rings. The lowest BCUT2D eigenvalue weighted by Gasteiger charge is -2.07. The first-order valence-electron chi connectivity index (χ1n) is 6.48. The zero-order valence-corrected chi connectivity index (χ0v) is 13.8. The summed E-state index contributed by atoms with van der Waals surface area (Å²) in [5.74, 6) is 0.853. The van der Waals surface area contributed by atoms with E-state index in [1.807, 2.05) is 0 Å². The van der Waals surface area contributed by atoms with Gasteiger partial charge in [0.15, 0.2) is 17.3 Å². The van der Waals surface area contributed by atoms with Crippen molar-refractivity contribution in [2.45, 2.75) is 0 Å². The van der Waals surface area contributed by atoms with Crippen molar-refractivity contribution in [1.82, 2.24) is 0 Å². The third kappa shape index (κ3) is 3.68. The molecule has 22 heavy (non-hydrogen) atoms. The molecule has 0 aromatic heterocycles. The molecule has 0 atom stereocenters. The second-order valence-electron chi connectivity index (χ2n) is 4.47. The van der Waals surface area contributed by atoms with Gasteiger partial charge in [-0.2, -0.15) is 0 Å². The van der Waals surface area contributed by atoms with Crippen molar-refractivity contribution in [3.05, 3.63) is 58.1 Å². The summed E-state index contributed by atoms with van der Waals surface area (Å²) in [7, 11) is 3.04. The highest BCUT2D eigenvalue weighted by Gasteiger charge is 2.08. The van der Waals surface area contributed by atoms with Gasteiger partial charge in [-0.3, -0.25) is 4.79 Å². The van der Waals surface area contributed by atoms with E-state index in [1.54, 1.807) is 49.6 Å². The van der Waals surface area contributed by atoms with Gasteiger partial charge in [0, 0.05) is 15.6 Å². The number of carbonyl (C=O) groups excluding carboxylic acids is 1. The van der Waals surface area contributed by atoms with Crippen LogP contribution in [0.4, 0.5) is 0 Å². The summed E-state index contributed by atoms with van der Waals surface area (Å²) < 4.78 is 10.9. The molecule has 0 saturated heterocycles. The van der Waals surface area contributed by atoms with Crippen LogP contribution < -0.4 is 9.47 Å². The quantitative estimate of drug-likeness (QED) is 0.643. The Kier molecular flexibility index (Phi) is 5.22. The lowest BCUT2D eigenvalue weighted by atomic mass is 10.1. The van der Waals surface area contributed by atoms with Gasteiger partial charge in [-0.1, -0.05) is 15.9 Å². The topological polar surface area (TPSA) is 55.8 Å². The average Bonchev–Trinajstić information content (AvgIpc) is 2.55. The summed E-state index contributed by atoms with van der Waals surface area (Å²) >= 11 is 3.33. The van der Waals surface area contributed by atoms with Crippen molar-refractivity contribution in [3.8, 4) is 17.2 Å². The number of ether oxygens (including phenoxy) is 2. The molecule has 5 heteroatoms. The second kappa shape index (κ2) is 7.13. The molecular formula is C17H15BrO4. The Labute approximate surface area is 137 Å². The highest BCUT2D eigenvalue weighted by molar-refractivity contribution is 9.10. The normalized spacial score (nSPS) is 10.7. The van der Waals surface area contributed by atoms with Gasteiger partial charge in [0.05, 0.1) is 14.2 Å². The molecule has 0 saturated carbocycles. The van der Waals surface area contributed by atoms with E-state index < -0.39 is 0 Å². The first-order chi connectivity index (χ1) is 10.5. The summed E-state index contributed by atoms with van der Waals surface area (Å²) in [6.45, 7) is 0. The molecule has 0 aliphatic heterocycles. The molecule has 0 bridgehead atoms. The summed E-state index contributed by atoms with van der Waals surface area (Å²) in [5.41, 5.74) is 1.03. The molecule has 2 rings (SSSR count). The first-order valence-corrected chi connectivity index (χ1v) is 7.27. The van der Waals surface area contributed by atoms with Crippen LogP contribution in [0.15, 0.2) is 46.9 Å². The number of halogens is 1. The van der Waals surface area contributed by atoms with Gasteiger partial charge in [0.25, 0.3) is 0 Å². The molecule has 114 valence electrons. The standard InChI is InChI=1S/C17H15BrO4/c1-21-14-6-3-11(4-7-14)15(19)8-5-12-9-13(18)10-16(22-2)17(12)20/h3-10,20H,1-2H3. The van der Waals surface area contributed by atoms with E-state index in [0.29, 0.717) is 22.6 Å². The maximum Gasteiger partial charge on any atom is 0.185 e. The van der Waals surface area contributed by atoms with E-state index in [4.69, 9.17) is 9.47 Å². The molecule has 0 spiro atoms. The Hall–Kier alpha value is -2.27. The van der Waals surface area contributed by atoms with Gasteiger partial charge in [0.2, 0.25) is 0 Å². The van der Waals surface area contributed by atoms with Crippen molar-refractivity contribution in [2.75, 3.05) is 14.2 Å². The Balaban J connectivity index is 2.24. The number of hydrogen-bond donors (Lipinski definition) is 1. The van der Waals surface area contributed by atoms with E-state index in [1.165, 1.54) is 13.2 Å². The van der Waals surface area contributed by atoms with Crippen molar-refractivity contribution in [1.29, 1.82) is 0 Å². The SMILES string of the molecule is COc1ccc(C(=O)C=Cc2cc(Br)cc(OC)c2O)cc1.